The van der Waals surface area contributed by atoms with Gasteiger partial charge >= 0.3 is 0 Å². The van der Waals surface area contributed by atoms with E-state index in [9.17, 15) is 9.59 Å². The lowest BCUT2D eigenvalue weighted by molar-refractivity contribution is -0.133. The van der Waals surface area contributed by atoms with Crippen LogP contribution in [0.1, 0.15) is 36.8 Å². The van der Waals surface area contributed by atoms with Crippen molar-refractivity contribution in [1.29, 1.82) is 0 Å². The molecule has 2 aliphatic rings. The summed E-state index contributed by atoms with van der Waals surface area (Å²) >= 11 is 0. The molecule has 1 saturated carbocycles. The van der Waals surface area contributed by atoms with E-state index in [0.717, 1.165) is 35.4 Å². The van der Waals surface area contributed by atoms with Crippen molar-refractivity contribution in [3.63, 3.8) is 0 Å². The van der Waals surface area contributed by atoms with Gasteiger partial charge in [0, 0.05) is 23.7 Å². The summed E-state index contributed by atoms with van der Waals surface area (Å²) in [4.78, 5) is 26.9. The zero-order valence-electron chi connectivity index (χ0n) is 15.5. The van der Waals surface area contributed by atoms with E-state index >= 15 is 0 Å². The number of nitrogens with one attached hydrogen (secondary N) is 1. The first kappa shape index (κ1) is 17.6. The molecule has 5 heteroatoms. The summed E-state index contributed by atoms with van der Waals surface area (Å²) in [5.74, 6) is 0.901. The smallest absolute Gasteiger partial charge is 0.230 e. The zero-order chi connectivity index (χ0) is 18.8. The maximum absolute atomic E-state index is 13.0. The lowest BCUT2D eigenvalue weighted by Crippen LogP contribution is -2.35. The number of anilines is 1. The summed E-state index contributed by atoms with van der Waals surface area (Å²) < 4.78 is 5.83. The van der Waals surface area contributed by atoms with Crippen LogP contribution in [0.2, 0.25) is 0 Å². The van der Waals surface area contributed by atoms with Crippen molar-refractivity contribution in [3.8, 4) is 5.75 Å². The predicted octanol–water partition coefficient (Wildman–Crippen LogP) is 3.56. The average Bonchev–Trinajstić information content (AvgIpc) is 3.54. The minimum Gasteiger partial charge on any atom is -0.491 e. The van der Waals surface area contributed by atoms with Crippen LogP contribution in [0.15, 0.2) is 48.5 Å². The zero-order valence-corrected chi connectivity index (χ0v) is 15.5. The molecule has 0 spiro atoms. The fraction of sp³-hybridized carbons (Fsp3) is 0.364. The number of rotatable bonds is 4. The third-order valence-corrected chi connectivity index (χ3v) is 5.24. The summed E-state index contributed by atoms with van der Waals surface area (Å²) in [5.41, 5.74) is 2.70. The van der Waals surface area contributed by atoms with Gasteiger partial charge in [0.25, 0.3) is 0 Å². The first-order valence-corrected chi connectivity index (χ1v) is 9.52. The molecule has 2 aromatic rings. The number of nitrogens with zero attached hydrogens (tertiary/aromatic N) is 1. The fourth-order valence-corrected chi connectivity index (χ4v) is 3.41. The van der Waals surface area contributed by atoms with Crippen molar-refractivity contribution in [3.05, 3.63) is 59.7 Å². The Morgan fingerprint density at radius 2 is 1.93 bits per heavy atom. The summed E-state index contributed by atoms with van der Waals surface area (Å²) in [7, 11) is 0. The number of ether oxygens (including phenoxy) is 1. The molecule has 1 heterocycles. The van der Waals surface area contributed by atoms with Gasteiger partial charge in [-0.2, -0.15) is 0 Å². The molecule has 2 aromatic carbocycles. The molecule has 140 valence electrons. The number of hydrogen-bond donors (Lipinski definition) is 1. The summed E-state index contributed by atoms with van der Waals surface area (Å²) in [6, 6.07) is 15.5. The van der Waals surface area contributed by atoms with Crippen molar-refractivity contribution in [2.24, 2.45) is 5.92 Å². The SMILES string of the molecule is CC(C(=O)N1CCOc2ccc(NC(=O)C3CC3)cc2C1)c1ccccc1. The van der Waals surface area contributed by atoms with Crippen LogP contribution in [0.3, 0.4) is 0 Å². The molecule has 1 atom stereocenters. The third kappa shape index (κ3) is 3.97. The van der Waals surface area contributed by atoms with Crippen molar-refractivity contribution >= 4 is 17.5 Å². The first-order chi connectivity index (χ1) is 13.1. The van der Waals surface area contributed by atoms with Gasteiger partial charge in [-0.25, -0.2) is 0 Å². The average molecular weight is 364 g/mol. The van der Waals surface area contributed by atoms with Crippen LogP contribution in [-0.4, -0.2) is 29.9 Å². The summed E-state index contributed by atoms with van der Waals surface area (Å²) in [6.45, 7) is 3.44. The van der Waals surface area contributed by atoms with Gasteiger partial charge in [0.2, 0.25) is 11.8 Å². The molecule has 0 aromatic heterocycles. The molecule has 1 fully saturated rings. The van der Waals surface area contributed by atoms with Crippen LogP contribution < -0.4 is 10.1 Å². The lowest BCUT2D eigenvalue weighted by atomic mass is 9.99. The molecule has 0 radical (unpaired) electrons. The molecule has 1 N–H and O–H groups in total. The van der Waals surface area contributed by atoms with E-state index in [1.165, 1.54) is 0 Å². The number of benzene rings is 2. The van der Waals surface area contributed by atoms with E-state index in [1.54, 1.807) is 0 Å². The van der Waals surface area contributed by atoms with Crippen LogP contribution >= 0.6 is 0 Å². The van der Waals surface area contributed by atoms with E-state index in [-0.39, 0.29) is 23.7 Å². The molecule has 4 rings (SSSR count). The standard InChI is InChI=1S/C22H24N2O3/c1-15(16-5-3-2-4-6-16)22(26)24-11-12-27-20-10-9-19(13-18(20)14-24)23-21(25)17-7-8-17/h2-6,9-10,13,15,17H,7-8,11-12,14H2,1H3,(H,23,25). The van der Waals surface area contributed by atoms with Crippen LogP contribution in [0.25, 0.3) is 0 Å². The Labute approximate surface area is 159 Å². The van der Waals surface area contributed by atoms with Crippen LogP contribution in [-0.2, 0) is 16.1 Å². The Morgan fingerprint density at radius 1 is 1.15 bits per heavy atom. The molecule has 1 unspecified atom stereocenters. The minimum atomic E-state index is -0.203. The maximum atomic E-state index is 13.0. The molecule has 0 bridgehead atoms. The normalized spacial score (nSPS) is 17.3. The van der Waals surface area contributed by atoms with Crippen LogP contribution in [0.5, 0.6) is 5.75 Å². The first-order valence-electron chi connectivity index (χ1n) is 9.52. The number of carbonyl (C=O) groups is 2. The monoisotopic (exact) mass is 364 g/mol. The van der Waals surface area contributed by atoms with Gasteiger partial charge in [0.15, 0.2) is 0 Å². The highest BCUT2D eigenvalue weighted by molar-refractivity contribution is 5.94. The number of hydrogen-bond acceptors (Lipinski definition) is 3. The summed E-state index contributed by atoms with van der Waals surface area (Å²) in [6.07, 6.45) is 1.94. The highest BCUT2D eigenvalue weighted by Crippen LogP contribution is 2.32. The largest absolute Gasteiger partial charge is 0.491 e. The van der Waals surface area contributed by atoms with Gasteiger partial charge in [0.1, 0.15) is 12.4 Å². The van der Waals surface area contributed by atoms with Gasteiger partial charge in [-0.3, -0.25) is 9.59 Å². The molecule has 27 heavy (non-hydrogen) atoms. The molecule has 0 saturated heterocycles. The molecule has 1 aliphatic heterocycles. The second-order valence-electron chi connectivity index (χ2n) is 7.33. The second-order valence-corrected chi connectivity index (χ2v) is 7.33. The predicted molar refractivity (Wildman–Crippen MR) is 104 cm³/mol. The van der Waals surface area contributed by atoms with Crippen molar-refractivity contribution in [2.45, 2.75) is 32.2 Å². The van der Waals surface area contributed by atoms with Gasteiger partial charge < -0.3 is 15.0 Å². The van der Waals surface area contributed by atoms with E-state index < -0.39 is 0 Å². The van der Waals surface area contributed by atoms with Gasteiger partial charge in [-0.15, -0.1) is 0 Å². The van der Waals surface area contributed by atoms with E-state index in [4.69, 9.17) is 4.74 Å². The van der Waals surface area contributed by atoms with Crippen molar-refractivity contribution in [1.82, 2.24) is 4.90 Å². The molecular weight excluding hydrogens is 340 g/mol. The quantitative estimate of drug-likeness (QED) is 0.902. The number of amides is 2. The van der Waals surface area contributed by atoms with Gasteiger partial charge in [0.05, 0.1) is 12.5 Å². The fourth-order valence-electron chi connectivity index (χ4n) is 3.41. The van der Waals surface area contributed by atoms with Crippen molar-refractivity contribution in [2.75, 3.05) is 18.5 Å². The Morgan fingerprint density at radius 3 is 2.67 bits per heavy atom. The molecular formula is C22H24N2O3. The molecule has 2 amide bonds. The van der Waals surface area contributed by atoms with Gasteiger partial charge in [-0.05, 0) is 43.5 Å². The Balaban J connectivity index is 1.51. The topological polar surface area (TPSA) is 58.6 Å². The molecule has 5 nitrogen and oxygen atoms in total. The van der Waals surface area contributed by atoms with Crippen molar-refractivity contribution < 1.29 is 14.3 Å². The van der Waals surface area contributed by atoms with Crippen LogP contribution in [0.4, 0.5) is 5.69 Å². The highest BCUT2D eigenvalue weighted by Gasteiger charge is 2.30. The lowest BCUT2D eigenvalue weighted by Gasteiger charge is -2.24. The number of fused-ring (bicyclic) bond motifs is 1. The van der Waals surface area contributed by atoms with Gasteiger partial charge in [-0.1, -0.05) is 30.3 Å². The number of carbonyl (C=O) groups excluding carboxylic acids is 2. The Hall–Kier alpha value is -2.82. The second kappa shape index (κ2) is 7.43. The Bertz CT molecular complexity index is 846. The molecule has 1 aliphatic carbocycles. The third-order valence-electron chi connectivity index (χ3n) is 5.24. The van der Waals surface area contributed by atoms with E-state index in [1.807, 2.05) is 60.4 Å². The van der Waals surface area contributed by atoms with E-state index in [2.05, 4.69) is 5.32 Å². The maximum Gasteiger partial charge on any atom is 0.230 e. The highest BCUT2D eigenvalue weighted by atomic mass is 16.5. The Kier molecular flexibility index (Phi) is 4.84. The summed E-state index contributed by atoms with van der Waals surface area (Å²) in [5, 5.41) is 2.97. The van der Waals surface area contributed by atoms with Crippen LogP contribution in [0, 0.1) is 5.92 Å². The van der Waals surface area contributed by atoms with E-state index in [0.29, 0.717) is 19.7 Å². The minimum absolute atomic E-state index is 0.0788.